The molecule has 3 N–H and O–H groups in total. The third-order valence-electron chi connectivity index (χ3n) is 2.96. The minimum absolute atomic E-state index is 0.273. The van der Waals surface area contributed by atoms with Crippen LogP contribution in [0.1, 0.15) is 22.5 Å². The average molecular weight is 272 g/mol. The van der Waals surface area contributed by atoms with Crippen LogP contribution in [0.25, 0.3) is 0 Å². The number of benzene rings is 1. The normalized spacial score (nSPS) is 10.3. The van der Waals surface area contributed by atoms with Crippen LogP contribution in [0.15, 0.2) is 24.3 Å². The van der Waals surface area contributed by atoms with E-state index in [9.17, 15) is 0 Å². The molecule has 2 rings (SSSR count). The molecular formula is C14H16N4S. The van der Waals surface area contributed by atoms with Crippen LogP contribution in [-0.2, 0) is 0 Å². The fraction of sp³-hybridized carbons (Fsp3) is 0.214. The lowest BCUT2D eigenvalue weighted by Crippen LogP contribution is -2.14. The van der Waals surface area contributed by atoms with Gasteiger partial charge in [-0.1, -0.05) is 24.4 Å². The highest BCUT2D eigenvalue weighted by atomic mass is 32.1. The number of nitrogens with zero attached hydrogens (tertiary/aromatic N) is 2. The Morgan fingerprint density at radius 3 is 2.63 bits per heavy atom. The molecule has 0 aliphatic rings. The van der Waals surface area contributed by atoms with E-state index in [4.69, 9.17) is 18.0 Å². The molecule has 1 aromatic heterocycles. The fourth-order valence-corrected chi connectivity index (χ4v) is 1.86. The van der Waals surface area contributed by atoms with Gasteiger partial charge in [0.1, 0.15) is 10.7 Å². The van der Waals surface area contributed by atoms with Crippen LogP contribution in [0.3, 0.4) is 0 Å². The molecule has 0 aliphatic carbocycles. The van der Waals surface area contributed by atoms with Gasteiger partial charge in [0, 0.05) is 11.4 Å². The molecule has 0 radical (unpaired) electrons. The van der Waals surface area contributed by atoms with Crippen molar-refractivity contribution in [1.82, 2.24) is 9.97 Å². The maximum Gasteiger partial charge on any atom is 0.228 e. The molecule has 4 nitrogen and oxygen atoms in total. The Hall–Kier alpha value is -2.01. The summed E-state index contributed by atoms with van der Waals surface area (Å²) in [7, 11) is 0. The predicted molar refractivity (Wildman–Crippen MR) is 81.9 cm³/mol. The lowest BCUT2D eigenvalue weighted by Gasteiger charge is -2.11. The average Bonchev–Trinajstić information content (AvgIpc) is 2.34. The highest BCUT2D eigenvalue weighted by molar-refractivity contribution is 7.80. The molecule has 0 aliphatic heterocycles. The van der Waals surface area contributed by atoms with Crippen LogP contribution in [0.5, 0.6) is 0 Å². The topological polar surface area (TPSA) is 63.8 Å². The van der Waals surface area contributed by atoms with E-state index in [0.29, 0.717) is 11.6 Å². The molecule has 0 amide bonds. The van der Waals surface area contributed by atoms with Crippen LogP contribution in [0.2, 0.25) is 0 Å². The van der Waals surface area contributed by atoms with E-state index in [1.54, 1.807) is 6.07 Å². The Morgan fingerprint density at radius 2 is 1.95 bits per heavy atom. The van der Waals surface area contributed by atoms with Crippen LogP contribution >= 0.6 is 12.2 Å². The number of nitrogens with one attached hydrogen (secondary N) is 1. The minimum Gasteiger partial charge on any atom is -0.388 e. The van der Waals surface area contributed by atoms with Crippen LogP contribution in [0, 0.1) is 20.8 Å². The van der Waals surface area contributed by atoms with Gasteiger partial charge in [0.05, 0.1) is 0 Å². The zero-order valence-electron chi connectivity index (χ0n) is 11.2. The smallest absolute Gasteiger partial charge is 0.228 e. The maximum atomic E-state index is 5.61. The number of hydrogen-bond donors (Lipinski definition) is 2. The fourth-order valence-electron chi connectivity index (χ4n) is 1.76. The zero-order chi connectivity index (χ0) is 14.0. The number of anilines is 2. The van der Waals surface area contributed by atoms with Crippen molar-refractivity contribution in [3.63, 3.8) is 0 Å². The molecule has 0 unspecified atom stereocenters. The Bertz CT molecular complexity index is 637. The van der Waals surface area contributed by atoms with Gasteiger partial charge in [-0.15, -0.1) is 0 Å². The molecule has 5 heteroatoms. The number of thiocarbonyl (C=S) groups is 1. The molecule has 0 bridgehead atoms. The van der Waals surface area contributed by atoms with Gasteiger partial charge in [0.25, 0.3) is 0 Å². The summed E-state index contributed by atoms with van der Waals surface area (Å²) in [5.74, 6) is 0.511. The van der Waals surface area contributed by atoms with Crippen molar-refractivity contribution < 1.29 is 0 Å². The quantitative estimate of drug-likeness (QED) is 0.841. The largest absolute Gasteiger partial charge is 0.388 e. The molecule has 19 heavy (non-hydrogen) atoms. The second-order valence-electron chi connectivity index (χ2n) is 4.45. The lowest BCUT2D eigenvalue weighted by molar-refractivity contribution is 1.09. The highest BCUT2D eigenvalue weighted by Gasteiger charge is 2.07. The maximum absolute atomic E-state index is 5.61. The number of aromatic nitrogens is 2. The van der Waals surface area contributed by atoms with Crippen LogP contribution in [0.4, 0.5) is 11.6 Å². The first-order valence-corrected chi connectivity index (χ1v) is 6.37. The van der Waals surface area contributed by atoms with E-state index in [2.05, 4.69) is 35.2 Å². The molecular weight excluding hydrogens is 256 g/mol. The third-order valence-corrected chi connectivity index (χ3v) is 3.17. The lowest BCUT2D eigenvalue weighted by atomic mass is 10.1. The zero-order valence-corrected chi connectivity index (χ0v) is 12.0. The molecule has 2 aromatic rings. The van der Waals surface area contributed by atoms with Gasteiger partial charge >= 0.3 is 0 Å². The summed E-state index contributed by atoms with van der Waals surface area (Å²) < 4.78 is 0. The molecule has 0 saturated heterocycles. The van der Waals surface area contributed by atoms with Crippen molar-refractivity contribution in [2.45, 2.75) is 20.8 Å². The van der Waals surface area contributed by atoms with Crippen LogP contribution in [-0.4, -0.2) is 15.0 Å². The van der Waals surface area contributed by atoms with Crippen molar-refractivity contribution in [3.05, 3.63) is 46.8 Å². The molecule has 1 aromatic carbocycles. The molecule has 0 saturated carbocycles. The van der Waals surface area contributed by atoms with E-state index in [0.717, 1.165) is 11.4 Å². The second kappa shape index (κ2) is 5.32. The van der Waals surface area contributed by atoms with Gasteiger partial charge < -0.3 is 11.1 Å². The first-order chi connectivity index (χ1) is 8.97. The van der Waals surface area contributed by atoms with E-state index in [1.807, 2.05) is 19.1 Å². The van der Waals surface area contributed by atoms with E-state index in [1.165, 1.54) is 11.1 Å². The first-order valence-electron chi connectivity index (χ1n) is 5.96. The van der Waals surface area contributed by atoms with E-state index < -0.39 is 0 Å². The summed E-state index contributed by atoms with van der Waals surface area (Å²) >= 11 is 4.95. The van der Waals surface area contributed by atoms with Crippen molar-refractivity contribution in [2.24, 2.45) is 5.73 Å². The van der Waals surface area contributed by atoms with E-state index in [-0.39, 0.29) is 4.99 Å². The molecule has 0 atom stereocenters. The predicted octanol–water partition coefficient (Wildman–Crippen LogP) is 2.78. The Morgan fingerprint density at radius 1 is 1.21 bits per heavy atom. The van der Waals surface area contributed by atoms with Crippen molar-refractivity contribution in [2.75, 3.05) is 5.32 Å². The SMILES string of the molecule is Cc1cc(C(N)=S)nc(Nc2cccc(C)c2C)n1. The van der Waals surface area contributed by atoms with Gasteiger partial charge in [0.2, 0.25) is 5.95 Å². The Kier molecular flexibility index (Phi) is 3.76. The van der Waals surface area contributed by atoms with Gasteiger partial charge in [-0.25, -0.2) is 9.97 Å². The summed E-state index contributed by atoms with van der Waals surface area (Å²) in [6, 6.07) is 7.83. The van der Waals surface area contributed by atoms with Gasteiger partial charge in [-0.3, -0.25) is 0 Å². The Balaban J connectivity index is 2.38. The number of aryl methyl sites for hydroxylation is 2. The van der Waals surface area contributed by atoms with Crippen molar-refractivity contribution in [3.8, 4) is 0 Å². The van der Waals surface area contributed by atoms with Gasteiger partial charge in [-0.05, 0) is 44.0 Å². The summed E-state index contributed by atoms with van der Waals surface area (Å²) in [6.07, 6.45) is 0. The number of hydrogen-bond acceptors (Lipinski definition) is 4. The second-order valence-corrected chi connectivity index (χ2v) is 4.89. The minimum atomic E-state index is 0.273. The Labute approximate surface area is 118 Å². The van der Waals surface area contributed by atoms with Crippen molar-refractivity contribution in [1.29, 1.82) is 0 Å². The summed E-state index contributed by atoms with van der Waals surface area (Å²) in [6.45, 7) is 6.01. The standard InChI is InChI=1S/C14H16N4S/c1-8-5-4-6-11(10(8)3)17-14-16-9(2)7-12(18-14)13(15)19/h4-7H,1-3H3,(H2,15,19)(H,16,17,18). The molecule has 1 heterocycles. The third kappa shape index (κ3) is 3.06. The van der Waals surface area contributed by atoms with E-state index >= 15 is 0 Å². The van der Waals surface area contributed by atoms with Crippen LogP contribution < -0.4 is 11.1 Å². The first kappa shape index (κ1) is 13.4. The summed E-state index contributed by atoms with van der Waals surface area (Å²) in [5, 5.41) is 3.21. The number of nitrogens with two attached hydrogens (primary N) is 1. The van der Waals surface area contributed by atoms with Gasteiger partial charge in [0.15, 0.2) is 0 Å². The van der Waals surface area contributed by atoms with Gasteiger partial charge in [-0.2, -0.15) is 0 Å². The summed E-state index contributed by atoms with van der Waals surface area (Å²) in [5.41, 5.74) is 10.4. The number of rotatable bonds is 3. The molecule has 0 fully saturated rings. The summed E-state index contributed by atoms with van der Waals surface area (Å²) in [4.78, 5) is 8.93. The molecule has 0 spiro atoms. The highest BCUT2D eigenvalue weighted by Crippen LogP contribution is 2.21. The monoisotopic (exact) mass is 272 g/mol. The molecule has 98 valence electrons. The van der Waals surface area contributed by atoms with Crippen molar-refractivity contribution >= 4 is 28.8 Å².